The van der Waals surface area contributed by atoms with Gasteiger partial charge in [0, 0.05) is 6.20 Å². The third-order valence-electron chi connectivity index (χ3n) is 1.87. The van der Waals surface area contributed by atoms with Crippen LogP contribution in [0.1, 0.15) is 36.7 Å². The highest BCUT2D eigenvalue weighted by atomic mass is 16.6. The smallest absolute Gasteiger partial charge is 0.340 e. The van der Waals surface area contributed by atoms with Crippen LogP contribution < -0.4 is 5.73 Å². The van der Waals surface area contributed by atoms with Gasteiger partial charge in [-0.2, -0.15) is 0 Å². The monoisotopic (exact) mass is 208 g/mol. The molecule has 0 aliphatic carbocycles. The number of ether oxygens (including phenoxy) is 1. The van der Waals surface area contributed by atoms with E-state index in [2.05, 4.69) is 4.98 Å². The van der Waals surface area contributed by atoms with Gasteiger partial charge in [-0.3, -0.25) is 4.98 Å². The predicted molar refractivity (Wildman–Crippen MR) is 58.6 cm³/mol. The molecule has 82 valence electrons. The normalized spacial score (nSPS) is 11.2. The lowest BCUT2D eigenvalue weighted by Gasteiger charge is -2.20. The van der Waals surface area contributed by atoms with Crippen LogP contribution in [0.2, 0.25) is 0 Å². The van der Waals surface area contributed by atoms with Crippen molar-refractivity contribution >= 4 is 11.7 Å². The summed E-state index contributed by atoms with van der Waals surface area (Å²) in [4.78, 5) is 15.6. The number of nitrogens with two attached hydrogens (primary N) is 1. The zero-order chi connectivity index (χ0) is 11.6. The highest BCUT2D eigenvalue weighted by Gasteiger charge is 2.20. The number of hydrogen-bond donors (Lipinski definition) is 1. The van der Waals surface area contributed by atoms with Crippen LogP contribution in [0.5, 0.6) is 0 Å². The molecule has 1 aromatic rings. The summed E-state index contributed by atoms with van der Waals surface area (Å²) in [5.41, 5.74) is 6.77. The highest BCUT2D eigenvalue weighted by Crippen LogP contribution is 2.17. The van der Waals surface area contributed by atoms with E-state index in [1.807, 2.05) is 20.8 Å². The molecule has 0 saturated heterocycles. The SMILES string of the molecule is Cc1c(N)cncc1C(=O)OC(C)(C)C. The van der Waals surface area contributed by atoms with Crippen molar-refractivity contribution in [1.82, 2.24) is 4.98 Å². The molecule has 0 amide bonds. The topological polar surface area (TPSA) is 65.2 Å². The second-order valence-electron chi connectivity index (χ2n) is 4.40. The standard InChI is InChI=1S/C11H16N2O2/c1-7-8(5-13-6-9(7)12)10(14)15-11(2,3)4/h5-6H,12H2,1-4H3. The molecule has 0 spiro atoms. The Bertz CT molecular complexity index is 381. The van der Waals surface area contributed by atoms with Crippen LogP contribution in [0.15, 0.2) is 12.4 Å². The van der Waals surface area contributed by atoms with Gasteiger partial charge in [-0.25, -0.2) is 4.79 Å². The molecule has 0 bridgehead atoms. The number of pyridine rings is 1. The molecule has 0 unspecified atom stereocenters. The fraction of sp³-hybridized carbons (Fsp3) is 0.455. The number of hydrogen-bond acceptors (Lipinski definition) is 4. The second kappa shape index (κ2) is 3.88. The maximum atomic E-state index is 11.7. The number of nitrogen functional groups attached to an aromatic ring is 1. The first-order valence-electron chi connectivity index (χ1n) is 4.74. The van der Waals surface area contributed by atoms with E-state index >= 15 is 0 Å². The van der Waals surface area contributed by atoms with Gasteiger partial charge in [0.15, 0.2) is 0 Å². The molecular formula is C11H16N2O2. The number of esters is 1. The third kappa shape index (κ3) is 2.94. The second-order valence-corrected chi connectivity index (χ2v) is 4.40. The minimum absolute atomic E-state index is 0.389. The van der Waals surface area contributed by atoms with Gasteiger partial charge in [0.1, 0.15) is 5.60 Å². The van der Waals surface area contributed by atoms with E-state index in [0.717, 1.165) is 0 Å². The number of rotatable bonds is 1. The van der Waals surface area contributed by atoms with E-state index in [0.29, 0.717) is 16.8 Å². The lowest BCUT2D eigenvalue weighted by Crippen LogP contribution is -2.24. The van der Waals surface area contributed by atoms with Crippen LogP contribution in [0.3, 0.4) is 0 Å². The minimum atomic E-state index is -0.506. The number of carbonyl (C=O) groups is 1. The van der Waals surface area contributed by atoms with Gasteiger partial charge in [-0.1, -0.05) is 0 Å². The van der Waals surface area contributed by atoms with Crippen molar-refractivity contribution in [3.8, 4) is 0 Å². The molecule has 0 aliphatic rings. The lowest BCUT2D eigenvalue weighted by molar-refractivity contribution is 0.00684. The largest absolute Gasteiger partial charge is 0.456 e. The molecule has 0 fully saturated rings. The van der Waals surface area contributed by atoms with E-state index < -0.39 is 5.60 Å². The van der Waals surface area contributed by atoms with Crippen LogP contribution in [0.4, 0.5) is 5.69 Å². The summed E-state index contributed by atoms with van der Waals surface area (Å²) >= 11 is 0. The van der Waals surface area contributed by atoms with Crippen molar-refractivity contribution in [2.24, 2.45) is 0 Å². The molecule has 4 nitrogen and oxygen atoms in total. The van der Waals surface area contributed by atoms with E-state index in [1.54, 1.807) is 6.92 Å². The van der Waals surface area contributed by atoms with Crippen LogP contribution >= 0.6 is 0 Å². The summed E-state index contributed by atoms with van der Waals surface area (Å²) in [5, 5.41) is 0. The first-order valence-corrected chi connectivity index (χ1v) is 4.74. The van der Waals surface area contributed by atoms with E-state index in [4.69, 9.17) is 10.5 Å². The Hall–Kier alpha value is -1.58. The summed E-state index contributed by atoms with van der Waals surface area (Å²) in [6, 6.07) is 0. The molecule has 1 heterocycles. The van der Waals surface area contributed by atoms with Gasteiger partial charge >= 0.3 is 5.97 Å². The van der Waals surface area contributed by atoms with Crippen molar-refractivity contribution < 1.29 is 9.53 Å². The molecule has 1 rings (SSSR count). The van der Waals surface area contributed by atoms with E-state index in [-0.39, 0.29) is 5.97 Å². The Morgan fingerprint density at radius 1 is 1.40 bits per heavy atom. The van der Waals surface area contributed by atoms with Gasteiger partial charge in [0.05, 0.1) is 17.4 Å². The predicted octanol–water partition coefficient (Wildman–Crippen LogP) is 1.93. The number of nitrogens with zero attached hydrogens (tertiary/aromatic N) is 1. The van der Waals surface area contributed by atoms with E-state index in [9.17, 15) is 4.79 Å². The number of carbonyl (C=O) groups excluding carboxylic acids is 1. The van der Waals surface area contributed by atoms with Crippen LogP contribution in [-0.4, -0.2) is 16.6 Å². The molecule has 1 aromatic heterocycles. The Labute approximate surface area is 89.5 Å². The highest BCUT2D eigenvalue weighted by molar-refractivity contribution is 5.92. The lowest BCUT2D eigenvalue weighted by atomic mass is 10.1. The molecule has 0 atom stereocenters. The Morgan fingerprint density at radius 2 is 2.00 bits per heavy atom. The van der Waals surface area contributed by atoms with Gasteiger partial charge in [-0.15, -0.1) is 0 Å². The molecule has 15 heavy (non-hydrogen) atoms. The maximum Gasteiger partial charge on any atom is 0.340 e. The van der Waals surface area contributed by atoms with Crippen molar-refractivity contribution in [1.29, 1.82) is 0 Å². The first kappa shape index (κ1) is 11.5. The zero-order valence-electron chi connectivity index (χ0n) is 9.50. The van der Waals surface area contributed by atoms with Gasteiger partial charge in [0.2, 0.25) is 0 Å². The Kier molecular flexibility index (Phi) is 2.98. The van der Waals surface area contributed by atoms with Gasteiger partial charge < -0.3 is 10.5 Å². The quantitative estimate of drug-likeness (QED) is 0.716. The fourth-order valence-electron chi connectivity index (χ4n) is 1.08. The van der Waals surface area contributed by atoms with Crippen LogP contribution in [-0.2, 0) is 4.74 Å². The fourth-order valence-corrected chi connectivity index (χ4v) is 1.08. The van der Waals surface area contributed by atoms with Gasteiger partial charge in [-0.05, 0) is 33.3 Å². The van der Waals surface area contributed by atoms with Gasteiger partial charge in [0.25, 0.3) is 0 Å². The summed E-state index contributed by atoms with van der Waals surface area (Å²) in [5.74, 6) is -0.389. The number of aromatic nitrogens is 1. The molecule has 0 aliphatic heterocycles. The average molecular weight is 208 g/mol. The third-order valence-corrected chi connectivity index (χ3v) is 1.87. The Morgan fingerprint density at radius 3 is 2.53 bits per heavy atom. The molecule has 2 N–H and O–H groups in total. The summed E-state index contributed by atoms with van der Waals surface area (Å²) in [7, 11) is 0. The molecule has 4 heteroatoms. The molecule has 0 saturated carbocycles. The van der Waals surface area contributed by atoms with Crippen molar-refractivity contribution in [3.63, 3.8) is 0 Å². The van der Waals surface area contributed by atoms with Crippen molar-refractivity contribution in [2.45, 2.75) is 33.3 Å². The Balaban J connectivity index is 2.97. The summed E-state index contributed by atoms with van der Waals surface area (Å²) < 4.78 is 5.23. The maximum absolute atomic E-state index is 11.7. The van der Waals surface area contributed by atoms with Crippen molar-refractivity contribution in [2.75, 3.05) is 5.73 Å². The van der Waals surface area contributed by atoms with Crippen LogP contribution in [0.25, 0.3) is 0 Å². The van der Waals surface area contributed by atoms with Crippen LogP contribution in [0, 0.1) is 6.92 Å². The molecular weight excluding hydrogens is 192 g/mol. The zero-order valence-corrected chi connectivity index (χ0v) is 9.50. The minimum Gasteiger partial charge on any atom is -0.456 e. The number of anilines is 1. The first-order chi connectivity index (χ1) is 6.81. The molecule has 0 radical (unpaired) electrons. The average Bonchev–Trinajstić information content (AvgIpc) is 2.06. The summed E-state index contributed by atoms with van der Waals surface area (Å²) in [6.45, 7) is 7.23. The molecule has 0 aromatic carbocycles. The van der Waals surface area contributed by atoms with E-state index in [1.165, 1.54) is 12.4 Å². The summed E-state index contributed by atoms with van der Waals surface area (Å²) in [6.07, 6.45) is 2.99. The van der Waals surface area contributed by atoms with Crippen molar-refractivity contribution in [3.05, 3.63) is 23.5 Å².